The minimum absolute atomic E-state index is 0.129. The Morgan fingerprint density at radius 2 is 2.40 bits per heavy atom. The summed E-state index contributed by atoms with van der Waals surface area (Å²) in [6.07, 6.45) is 1.72. The summed E-state index contributed by atoms with van der Waals surface area (Å²) in [5.41, 5.74) is 1.88. The normalized spacial score (nSPS) is 12.4. The molecule has 0 saturated heterocycles. The molecule has 3 aromatic rings. The number of carbonyl (C=O) groups is 1. The van der Waals surface area contributed by atoms with Gasteiger partial charge in [0.1, 0.15) is 5.01 Å². The third kappa shape index (κ3) is 2.50. The number of aromatic amines is 1. The summed E-state index contributed by atoms with van der Waals surface area (Å²) >= 11 is 6.43. The molecule has 0 aliphatic rings. The molecule has 20 heavy (non-hydrogen) atoms. The summed E-state index contributed by atoms with van der Waals surface area (Å²) in [5.74, 6) is -0.170. The summed E-state index contributed by atoms with van der Waals surface area (Å²) in [6.45, 7) is 1.90. The number of H-pyrrole nitrogens is 1. The average Bonchev–Trinajstić information content (AvgIpc) is 3.05. The second-order valence-electron chi connectivity index (χ2n) is 4.29. The summed E-state index contributed by atoms with van der Waals surface area (Å²) < 4.78 is 5.30. The van der Waals surface area contributed by atoms with Gasteiger partial charge in [-0.2, -0.15) is 0 Å². The van der Waals surface area contributed by atoms with Gasteiger partial charge in [-0.1, -0.05) is 0 Å². The topological polar surface area (TPSA) is 70.9 Å². The smallest absolute Gasteiger partial charge is 0.266 e. The number of rotatable bonds is 3. The van der Waals surface area contributed by atoms with Crippen molar-refractivity contribution in [2.24, 2.45) is 0 Å². The molecule has 2 N–H and O–H groups in total. The van der Waals surface area contributed by atoms with Crippen LogP contribution in [0.1, 0.15) is 28.3 Å². The van der Waals surface area contributed by atoms with Crippen molar-refractivity contribution in [2.75, 3.05) is 0 Å². The lowest BCUT2D eigenvalue weighted by Gasteiger charge is -2.10. The standard InChI is InChI=1S/C13H11N3O2S2/c1-7(12-14-4-5-20-12)15-11(17)8-2-3-9-10(6-8)18-13(19)16-9/h2-7H,1H3,(H,15,17)(H,16,19). The number of amides is 1. The molecule has 3 rings (SSSR count). The number of carbonyl (C=O) groups excluding carboxylic acids is 1. The van der Waals surface area contributed by atoms with E-state index in [9.17, 15) is 4.79 Å². The van der Waals surface area contributed by atoms with Crippen LogP contribution in [0.25, 0.3) is 11.1 Å². The second-order valence-corrected chi connectivity index (χ2v) is 5.59. The van der Waals surface area contributed by atoms with Crippen LogP contribution in [0.15, 0.2) is 34.2 Å². The Kier molecular flexibility index (Phi) is 3.37. The number of nitrogens with zero attached hydrogens (tertiary/aromatic N) is 1. The zero-order chi connectivity index (χ0) is 14.1. The van der Waals surface area contributed by atoms with E-state index in [4.69, 9.17) is 16.6 Å². The first-order valence-electron chi connectivity index (χ1n) is 5.96. The van der Waals surface area contributed by atoms with Gasteiger partial charge in [0, 0.05) is 17.1 Å². The summed E-state index contributed by atoms with van der Waals surface area (Å²) in [6, 6.07) is 5.05. The van der Waals surface area contributed by atoms with E-state index < -0.39 is 0 Å². The van der Waals surface area contributed by atoms with Crippen molar-refractivity contribution in [1.82, 2.24) is 15.3 Å². The average molecular weight is 305 g/mol. The highest BCUT2D eigenvalue weighted by Gasteiger charge is 2.14. The Hall–Kier alpha value is -1.99. The van der Waals surface area contributed by atoms with Crippen LogP contribution in [0, 0.1) is 4.84 Å². The van der Waals surface area contributed by atoms with E-state index in [0.717, 1.165) is 10.5 Å². The molecule has 5 nitrogen and oxygen atoms in total. The molecule has 0 aliphatic carbocycles. The molecule has 1 amide bonds. The lowest BCUT2D eigenvalue weighted by molar-refractivity contribution is 0.0940. The van der Waals surface area contributed by atoms with Crippen molar-refractivity contribution in [3.05, 3.63) is 45.2 Å². The summed E-state index contributed by atoms with van der Waals surface area (Å²) in [5, 5.41) is 5.66. The molecule has 0 fully saturated rings. The highest BCUT2D eigenvalue weighted by atomic mass is 32.1. The first-order valence-corrected chi connectivity index (χ1v) is 7.25. The number of fused-ring (bicyclic) bond motifs is 1. The number of hydrogen-bond donors (Lipinski definition) is 2. The fourth-order valence-corrected chi connectivity index (χ4v) is 2.72. The number of aromatic nitrogens is 2. The van der Waals surface area contributed by atoms with Gasteiger partial charge in [-0.3, -0.25) is 4.79 Å². The minimum atomic E-state index is -0.170. The molecular formula is C13H11N3O2S2. The lowest BCUT2D eigenvalue weighted by atomic mass is 10.2. The quantitative estimate of drug-likeness (QED) is 0.727. The van der Waals surface area contributed by atoms with E-state index in [-0.39, 0.29) is 11.9 Å². The zero-order valence-electron chi connectivity index (χ0n) is 10.5. The maximum atomic E-state index is 12.2. The lowest BCUT2D eigenvalue weighted by Crippen LogP contribution is -2.26. The van der Waals surface area contributed by atoms with Gasteiger partial charge in [0.25, 0.3) is 10.7 Å². The first kappa shape index (κ1) is 13.0. The number of thiazole rings is 1. The maximum absolute atomic E-state index is 12.2. The van der Waals surface area contributed by atoms with E-state index >= 15 is 0 Å². The molecule has 2 heterocycles. The Labute approximate surface area is 123 Å². The Morgan fingerprint density at radius 3 is 3.15 bits per heavy atom. The minimum Gasteiger partial charge on any atom is -0.429 e. The molecular weight excluding hydrogens is 294 g/mol. The van der Waals surface area contributed by atoms with Crippen LogP contribution in [-0.4, -0.2) is 15.9 Å². The van der Waals surface area contributed by atoms with Crippen LogP contribution in [0.2, 0.25) is 0 Å². The number of benzene rings is 1. The fraction of sp³-hybridized carbons (Fsp3) is 0.154. The van der Waals surface area contributed by atoms with Crippen LogP contribution < -0.4 is 5.32 Å². The summed E-state index contributed by atoms with van der Waals surface area (Å²) in [7, 11) is 0. The molecule has 0 bridgehead atoms. The van der Waals surface area contributed by atoms with Crippen LogP contribution >= 0.6 is 23.6 Å². The monoisotopic (exact) mass is 305 g/mol. The van der Waals surface area contributed by atoms with Crippen LogP contribution in [0.4, 0.5) is 0 Å². The van der Waals surface area contributed by atoms with E-state index in [0.29, 0.717) is 16.0 Å². The zero-order valence-corrected chi connectivity index (χ0v) is 12.2. The molecule has 102 valence electrons. The Balaban J connectivity index is 1.83. The predicted octanol–water partition coefficient (Wildman–Crippen LogP) is 3.44. The van der Waals surface area contributed by atoms with E-state index in [2.05, 4.69) is 15.3 Å². The third-order valence-corrected chi connectivity index (χ3v) is 4.00. The molecule has 2 aromatic heterocycles. The Bertz CT molecular complexity index is 805. The molecule has 0 saturated carbocycles. The highest BCUT2D eigenvalue weighted by Crippen LogP contribution is 2.18. The summed E-state index contributed by atoms with van der Waals surface area (Å²) in [4.78, 5) is 19.6. The van der Waals surface area contributed by atoms with Crippen molar-refractivity contribution >= 4 is 40.6 Å². The van der Waals surface area contributed by atoms with E-state index in [1.807, 2.05) is 12.3 Å². The van der Waals surface area contributed by atoms with Gasteiger partial charge in [-0.15, -0.1) is 11.3 Å². The molecule has 0 aliphatic heterocycles. The predicted molar refractivity (Wildman–Crippen MR) is 79.4 cm³/mol. The van der Waals surface area contributed by atoms with Crippen molar-refractivity contribution < 1.29 is 9.21 Å². The van der Waals surface area contributed by atoms with Crippen molar-refractivity contribution in [2.45, 2.75) is 13.0 Å². The molecule has 1 unspecified atom stereocenters. The fourth-order valence-electron chi connectivity index (χ4n) is 1.88. The van der Waals surface area contributed by atoms with E-state index in [1.165, 1.54) is 11.3 Å². The van der Waals surface area contributed by atoms with Crippen molar-refractivity contribution in [3.63, 3.8) is 0 Å². The Morgan fingerprint density at radius 1 is 1.55 bits per heavy atom. The molecule has 1 atom stereocenters. The number of hydrogen-bond acceptors (Lipinski definition) is 5. The van der Waals surface area contributed by atoms with Crippen LogP contribution in [0.5, 0.6) is 0 Å². The van der Waals surface area contributed by atoms with Gasteiger partial charge >= 0.3 is 0 Å². The highest BCUT2D eigenvalue weighted by molar-refractivity contribution is 7.71. The molecule has 1 aromatic carbocycles. The van der Waals surface area contributed by atoms with Gasteiger partial charge in [0.05, 0.1) is 11.6 Å². The maximum Gasteiger partial charge on any atom is 0.266 e. The van der Waals surface area contributed by atoms with Crippen molar-refractivity contribution in [3.8, 4) is 0 Å². The van der Waals surface area contributed by atoms with Gasteiger partial charge in [-0.05, 0) is 37.3 Å². The third-order valence-electron chi connectivity index (χ3n) is 2.85. The van der Waals surface area contributed by atoms with Crippen molar-refractivity contribution in [1.29, 1.82) is 0 Å². The van der Waals surface area contributed by atoms with Crippen LogP contribution in [0.3, 0.4) is 0 Å². The van der Waals surface area contributed by atoms with Gasteiger partial charge in [-0.25, -0.2) is 4.98 Å². The van der Waals surface area contributed by atoms with Crippen LogP contribution in [-0.2, 0) is 0 Å². The SMILES string of the molecule is CC(NC(=O)c1ccc2[nH]c(=S)oc2c1)c1nccs1. The number of oxazole rings is 1. The first-order chi connectivity index (χ1) is 9.63. The van der Waals surface area contributed by atoms with Gasteiger partial charge in [0.2, 0.25) is 0 Å². The van der Waals surface area contributed by atoms with E-state index in [1.54, 1.807) is 24.4 Å². The molecule has 0 spiro atoms. The van der Waals surface area contributed by atoms with Gasteiger partial charge in [0.15, 0.2) is 5.58 Å². The molecule has 7 heteroatoms. The van der Waals surface area contributed by atoms with Gasteiger partial charge < -0.3 is 14.7 Å². The molecule has 0 radical (unpaired) electrons. The second kappa shape index (κ2) is 5.18. The number of nitrogens with one attached hydrogen (secondary N) is 2. The largest absolute Gasteiger partial charge is 0.429 e.